The fourth-order valence-corrected chi connectivity index (χ4v) is 2.85. The lowest BCUT2D eigenvalue weighted by Gasteiger charge is -2.11. The molecule has 0 aliphatic heterocycles. The molecule has 0 amide bonds. The van der Waals surface area contributed by atoms with E-state index < -0.39 is 19.9 Å². The van der Waals surface area contributed by atoms with Gasteiger partial charge in [-0.3, -0.25) is 9.36 Å². The zero-order valence-corrected chi connectivity index (χ0v) is 12.0. The van der Waals surface area contributed by atoms with Gasteiger partial charge in [-0.05, 0) is 20.3 Å². The van der Waals surface area contributed by atoms with E-state index in [4.69, 9.17) is 0 Å². The molecule has 0 aromatic heterocycles. The topological polar surface area (TPSA) is 43.4 Å². The molecule has 17 heavy (non-hydrogen) atoms. The third kappa shape index (κ3) is 10.7. The molecule has 0 spiro atoms. The van der Waals surface area contributed by atoms with Gasteiger partial charge in [0, 0.05) is 6.42 Å². The third-order valence-electron chi connectivity index (χ3n) is 2.29. The van der Waals surface area contributed by atoms with Crippen LogP contribution in [0.3, 0.4) is 0 Å². The molecule has 0 aliphatic rings. The van der Waals surface area contributed by atoms with E-state index in [1.165, 1.54) is 0 Å². The maximum absolute atomic E-state index is 13.3. The summed E-state index contributed by atoms with van der Waals surface area (Å²) < 4.78 is 29.2. The Bertz CT molecular complexity index is 266. The van der Waals surface area contributed by atoms with Crippen LogP contribution in [0.4, 0.5) is 4.20 Å². The molecule has 0 fully saturated rings. The molecule has 0 heterocycles. The van der Waals surface area contributed by atoms with Gasteiger partial charge in [0.1, 0.15) is 11.9 Å². The zero-order valence-electron chi connectivity index (χ0n) is 11.1. The maximum Gasteiger partial charge on any atom is 0.375 e. The minimum atomic E-state index is -4.22. The molecule has 5 heteroatoms. The summed E-state index contributed by atoms with van der Waals surface area (Å²) in [7, 11) is -4.22. The summed E-state index contributed by atoms with van der Waals surface area (Å²) in [6, 6.07) is 0. The molecule has 0 N–H and O–H groups in total. The number of halogens is 1. The molecule has 1 atom stereocenters. The Morgan fingerprint density at radius 1 is 1.24 bits per heavy atom. The second-order valence-electron chi connectivity index (χ2n) is 4.61. The lowest BCUT2D eigenvalue weighted by molar-refractivity contribution is -0.117. The van der Waals surface area contributed by atoms with E-state index in [0.29, 0.717) is 6.42 Å². The largest absolute Gasteiger partial charge is 0.375 e. The molecule has 3 nitrogen and oxygen atoms in total. The molecule has 0 saturated carbocycles. The first-order valence-electron chi connectivity index (χ1n) is 6.36. The van der Waals surface area contributed by atoms with Crippen molar-refractivity contribution >= 4 is 13.5 Å². The number of carbonyl (C=O) groups excluding carboxylic acids is 1. The van der Waals surface area contributed by atoms with Crippen LogP contribution in [0.5, 0.6) is 0 Å². The SMILES string of the molecule is CCCCCCCC(=O)CP(=O)(F)OC(C)C. The van der Waals surface area contributed by atoms with Gasteiger partial charge in [0.25, 0.3) is 0 Å². The summed E-state index contributed by atoms with van der Waals surface area (Å²) >= 11 is 0. The van der Waals surface area contributed by atoms with Crippen LogP contribution in [0.2, 0.25) is 0 Å². The highest BCUT2D eigenvalue weighted by atomic mass is 31.2. The van der Waals surface area contributed by atoms with Crippen molar-refractivity contribution in [1.82, 2.24) is 0 Å². The fraction of sp³-hybridized carbons (Fsp3) is 0.917. The number of hydrogen-bond donors (Lipinski definition) is 0. The Kier molecular flexibility index (Phi) is 8.71. The van der Waals surface area contributed by atoms with Gasteiger partial charge in [-0.1, -0.05) is 32.6 Å². The Morgan fingerprint density at radius 2 is 1.82 bits per heavy atom. The number of Topliss-reactive ketones (excluding diaryl/α,β-unsaturated/α-hetero) is 1. The first-order chi connectivity index (χ1) is 7.87. The van der Waals surface area contributed by atoms with E-state index >= 15 is 0 Å². The van der Waals surface area contributed by atoms with Gasteiger partial charge >= 0.3 is 7.68 Å². The number of carbonyl (C=O) groups is 1. The number of unbranched alkanes of at least 4 members (excludes halogenated alkanes) is 4. The molecule has 102 valence electrons. The Morgan fingerprint density at radius 3 is 2.35 bits per heavy atom. The smallest absolute Gasteiger partial charge is 0.302 e. The van der Waals surface area contributed by atoms with Gasteiger partial charge in [0.15, 0.2) is 0 Å². The van der Waals surface area contributed by atoms with Gasteiger partial charge in [-0.2, -0.15) is 4.20 Å². The second-order valence-corrected chi connectivity index (χ2v) is 6.31. The van der Waals surface area contributed by atoms with E-state index in [1.807, 2.05) is 0 Å². The third-order valence-corrected chi connectivity index (χ3v) is 3.76. The lowest BCUT2D eigenvalue weighted by Crippen LogP contribution is -2.08. The highest BCUT2D eigenvalue weighted by Crippen LogP contribution is 2.49. The summed E-state index contributed by atoms with van der Waals surface area (Å²) in [4.78, 5) is 11.4. The summed E-state index contributed by atoms with van der Waals surface area (Å²) in [5.41, 5.74) is 0. The monoisotopic (exact) mass is 266 g/mol. The molecule has 0 aromatic carbocycles. The molecule has 0 aliphatic carbocycles. The molecule has 1 unspecified atom stereocenters. The fourth-order valence-electron chi connectivity index (χ4n) is 1.57. The molecular formula is C12H24FO3P. The van der Waals surface area contributed by atoms with Crippen LogP contribution in [0.15, 0.2) is 0 Å². The van der Waals surface area contributed by atoms with Crippen LogP contribution in [-0.4, -0.2) is 18.0 Å². The average Bonchev–Trinajstić information content (AvgIpc) is 2.14. The first-order valence-corrected chi connectivity index (χ1v) is 8.06. The van der Waals surface area contributed by atoms with E-state index in [2.05, 4.69) is 11.4 Å². The number of ketones is 1. The Labute approximate surface area is 104 Å². The summed E-state index contributed by atoms with van der Waals surface area (Å²) in [5, 5.41) is 0. The standard InChI is InChI=1S/C12H24FO3P/c1-4-5-6-7-8-9-12(14)10-17(13,15)16-11(2)3/h11H,4-10H2,1-3H3. The van der Waals surface area contributed by atoms with Crippen LogP contribution < -0.4 is 0 Å². The van der Waals surface area contributed by atoms with E-state index in [1.54, 1.807) is 13.8 Å². The molecular weight excluding hydrogens is 242 g/mol. The summed E-state index contributed by atoms with van der Waals surface area (Å²) in [6.07, 6.45) is 4.41. The van der Waals surface area contributed by atoms with Gasteiger partial charge in [0.2, 0.25) is 0 Å². The van der Waals surface area contributed by atoms with Crippen molar-refractivity contribution in [2.75, 3.05) is 6.16 Å². The highest BCUT2D eigenvalue weighted by molar-refractivity contribution is 7.54. The first kappa shape index (κ1) is 16.8. The van der Waals surface area contributed by atoms with Crippen molar-refractivity contribution in [2.45, 2.75) is 65.4 Å². The van der Waals surface area contributed by atoms with Crippen LogP contribution in [0, 0.1) is 0 Å². The molecule has 0 saturated heterocycles. The molecule has 0 bridgehead atoms. The van der Waals surface area contributed by atoms with Crippen molar-refractivity contribution in [3.63, 3.8) is 0 Å². The minimum Gasteiger partial charge on any atom is -0.302 e. The van der Waals surface area contributed by atoms with Gasteiger partial charge in [-0.15, -0.1) is 0 Å². The predicted molar refractivity (Wildman–Crippen MR) is 68.2 cm³/mol. The van der Waals surface area contributed by atoms with Crippen molar-refractivity contribution < 1.29 is 18.1 Å². The number of rotatable bonds is 10. The summed E-state index contributed by atoms with van der Waals surface area (Å²) in [6.45, 7) is 5.32. The van der Waals surface area contributed by atoms with Gasteiger partial charge < -0.3 is 4.52 Å². The Hall–Kier alpha value is -0.210. The van der Waals surface area contributed by atoms with Crippen LogP contribution in [0.25, 0.3) is 0 Å². The van der Waals surface area contributed by atoms with Crippen molar-refractivity contribution in [3.05, 3.63) is 0 Å². The van der Waals surface area contributed by atoms with E-state index in [0.717, 1.165) is 32.1 Å². The zero-order chi connectivity index (χ0) is 13.3. The van der Waals surface area contributed by atoms with Gasteiger partial charge in [0.05, 0.1) is 6.10 Å². The van der Waals surface area contributed by atoms with Gasteiger partial charge in [-0.25, -0.2) is 0 Å². The van der Waals surface area contributed by atoms with Crippen LogP contribution in [-0.2, 0) is 13.9 Å². The van der Waals surface area contributed by atoms with Crippen molar-refractivity contribution in [3.8, 4) is 0 Å². The van der Waals surface area contributed by atoms with Crippen molar-refractivity contribution in [1.29, 1.82) is 0 Å². The quantitative estimate of drug-likeness (QED) is 0.432. The highest BCUT2D eigenvalue weighted by Gasteiger charge is 2.27. The molecule has 0 aromatic rings. The van der Waals surface area contributed by atoms with Crippen molar-refractivity contribution in [2.24, 2.45) is 0 Å². The number of hydrogen-bond acceptors (Lipinski definition) is 3. The van der Waals surface area contributed by atoms with Crippen LogP contribution >= 0.6 is 7.68 Å². The second kappa shape index (κ2) is 8.82. The predicted octanol–water partition coefficient (Wildman–Crippen LogP) is 4.50. The van der Waals surface area contributed by atoms with Crippen LogP contribution in [0.1, 0.15) is 59.3 Å². The van der Waals surface area contributed by atoms with E-state index in [9.17, 15) is 13.6 Å². The molecule has 0 rings (SSSR count). The Balaban J connectivity index is 3.74. The van der Waals surface area contributed by atoms with E-state index in [-0.39, 0.29) is 5.78 Å². The average molecular weight is 266 g/mol. The normalized spacial score (nSPS) is 14.9. The minimum absolute atomic E-state index is 0.298. The maximum atomic E-state index is 13.3. The summed E-state index contributed by atoms with van der Waals surface area (Å²) in [5.74, 6) is -0.298. The molecule has 0 radical (unpaired) electrons. The lowest BCUT2D eigenvalue weighted by atomic mass is 10.1.